The first-order valence-corrected chi connectivity index (χ1v) is 5.20. The highest BCUT2D eigenvalue weighted by Crippen LogP contribution is 2.24. The number of likely N-dealkylation sites (N-methyl/N-ethyl adjacent to an activating group) is 1. The summed E-state index contributed by atoms with van der Waals surface area (Å²) in [7, 11) is 4.03. The first-order valence-electron chi connectivity index (χ1n) is 5.20. The maximum Gasteiger partial charge on any atom is 0.317 e. The predicted molar refractivity (Wildman–Crippen MR) is 55.4 cm³/mol. The molecule has 0 radical (unpaired) electrons. The molecule has 1 N–H and O–H groups in total. The summed E-state index contributed by atoms with van der Waals surface area (Å²) in [5, 5.41) is 8.76. The minimum Gasteiger partial charge on any atom is -0.480 e. The SMILES string of the molecule is CN(C)CCN(CC(=O)O)C1CCC1. The van der Waals surface area contributed by atoms with Crippen LogP contribution in [0, 0.1) is 0 Å². The van der Waals surface area contributed by atoms with Crippen LogP contribution >= 0.6 is 0 Å². The molecule has 1 fully saturated rings. The van der Waals surface area contributed by atoms with E-state index in [0.717, 1.165) is 13.1 Å². The third kappa shape index (κ3) is 3.64. The molecule has 1 aliphatic carbocycles. The molecule has 1 rings (SSSR count). The van der Waals surface area contributed by atoms with E-state index >= 15 is 0 Å². The quantitative estimate of drug-likeness (QED) is 0.677. The predicted octanol–water partition coefficient (Wildman–Crippen LogP) is 0.487. The van der Waals surface area contributed by atoms with E-state index in [1.165, 1.54) is 19.3 Å². The van der Waals surface area contributed by atoms with Gasteiger partial charge in [-0.05, 0) is 26.9 Å². The van der Waals surface area contributed by atoms with Crippen LogP contribution in [-0.4, -0.2) is 60.6 Å². The summed E-state index contributed by atoms with van der Waals surface area (Å²) < 4.78 is 0. The zero-order valence-corrected chi connectivity index (χ0v) is 9.07. The molecule has 0 unspecified atom stereocenters. The van der Waals surface area contributed by atoms with Crippen LogP contribution in [0.15, 0.2) is 0 Å². The highest BCUT2D eigenvalue weighted by atomic mass is 16.4. The fourth-order valence-electron chi connectivity index (χ4n) is 1.64. The minimum absolute atomic E-state index is 0.193. The van der Waals surface area contributed by atoms with Crippen LogP contribution in [0.1, 0.15) is 19.3 Å². The summed E-state index contributed by atoms with van der Waals surface area (Å²) in [6.07, 6.45) is 3.59. The van der Waals surface area contributed by atoms with Crippen molar-refractivity contribution in [1.82, 2.24) is 9.80 Å². The van der Waals surface area contributed by atoms with Crippen LogP contribution in [0.2, 0.25) is 0 Å². The second kappa shape index (κ2) is 5.32. The number of hydrogen-bond donors (Lipinski definition) is 1. The number of carbonyl (C=O) groups is 1. The Hall–Kier alpha value is -0.610. The third-order valence-corrected chi connectivity index (χ3v) is 2.76. The van der Waals surface area contributed by atoms with E-state index < -0.39 is 5.97 Å². The van der Waals surface area contributed by atoms with Gasteiger partial charge in [-0.2, -0.15) is 0 Å². The van der Waals surface area contributed by atoms with E-state index in [2.05, 4.69) is 9.80 Å². The molecule has 0 atom stereocenters. The maximum absolute atomic E-state index is 10.6. The average molecular weight is 200 g/mol. The fraction of sp³-hybridized carbons (Fsp3) is 0.900. The number of nitrogens with zero attached hydrogens (tertiary/aromatic N) is 2. The zero-order valence-electron chi connectivity index (χ0n) is 9.07. The van der Waals surface area contributed by atoms with Crippen molar-refractivity contribution in [3.05, 3.63) is 0 Å². The Balaban J connectivity index is 2.31. The molecule has 0 aromatic heterocycles. The van der Waals surface area contributed by atoms with Crippen molar-refractivity contribution in [3.63, 3.8) is 0 Å². The van der Waals surface area contributed by atoms with Gasteiger partial charge in [0.1, 0.15) is 0 Å². The molecular weight excluding hydrogens is 180 g/mol. The zero-order chi connectivity index (χ0) is 10.6. The molecule has 0 aliphatic heterocycles. The first-order chi connectivity index (χ1) is 6.59. The van der Waals surface area contributed by atoms with E-state index in [9.17, 15) is 4.79 Å². The van der Waals surface area contributed by atoms with Crippen molar-refractivity contribution in [3.8, 4) is 0 Å². The second-order valence-corrected chi connectivity index (χ2v) is 4.25. The van der Waals surface area contributed by atoms with Crippen LogP contribution in [0.3, 0.4) is 0 Å². The largest absolute Gasteiger partial charge is 0.480 e. The Kier molecular flexibility index (Phi) is 4.35. The molecule has 0 bridgehead atoms. The molecule has 1 saturated carbocycles. The molecule has 82 valence electrons. The van der Waals surface area contributed by atoms with Gasteiger partial charge in [0, 0.05) is 19.1 Å². The molecule has 1 aliphatic rings. The lowest BCUT2D eigenvalue weighted by Crippen LogP contribution is -2.45. The topological polar surface area (TPSA) is 43.8 Å². The molecule has 0 aromatic rings. The van der Waals surface area contributed by atoms with Crippen molar-refractivity contribution < 1.29 is 9.90 Å². The smallest absolute Gasteiger partial charge is 0.317 e. The van der Waals surface area contributed by atoms with Crippen LogP contribution in [0.5, 0.6) is 0 Å². The summed E-state index contributed by atoms with van der Waals surface area (Å²) in [6.45, 7) is 1.99. The Morgan fingerprint density at radius 3 is 2.36 bits per heavy atom. The lowest BCUT2D eigenvalue weighted by atomic mass is 9.91. The van der Waals surface area contributed by atoms with E-state index in [-0.39, 0.29) is 6.54 Å². The van der Waals surface area contributed by atoms with Crippen LogP contribution in [0.4, 0.5) is 0 Å². The number of carboxylic acids is 1. The average Bonchev–Trinajstić information content (AvgIpc) is 1.95. The van der Waals surface area contributed by atoms with Gasteiger partial charge >= 0.3 is 5.97 Å². The normalized spacial score (nSPS) is 17.4. The summed E-state index contributed by atoms with van der Waals surface area (Å²) in [5.74, 6) is -0.712. The Labute approximate surface area is 85.5 Å². The van der Waals surface area contributed by atoms with E-state index in [1.54, 1.807) is 0 Å². The lowest BCUT2D eigenvalue weighted by molar-refractivity contribution is -0.139. The summed E-state index contributed by atoms with van der Waals surface area (Å²) >= 11 is 0. The van der Waals surface area contributed by atoms with Gasteiger partial charge in [-0.15, -0.1) is 0 Å². The van der Waals surface area contributed by atoms with E-state index in [0.29, 0.717) is 6.04 Å². The Bertz CT molecular complexity index is 191. The first kappa shape index (κ1) is 11.5. The Morgan fingerprint density at radius 2 is 2.00 bits per heavy atom. The van der Waals surface area contributed by atoms with E-state index in [4.69, 9.17) is 5.11 Å². The van der Waals surface area contributed by atoms with Gasteiger partial charge in [-0.3, -0.25) is 9.69 Å². The molecule has 0 aromatic carbocycles. The van der Waals surface area contributed by atoms with Gasteiger partial charge in [-0.25, -0.2) is 0 Å². The van der Waals surface area contributed by atoms with Crippen LogP contribution in [-0.2, 0) is 4.79 Å². The Morgan fingerprint density at radius 1 is 1.36 bits per heavy atom. The standard InChI is InChI=1S/C10H20N2O2/c1-11(2)6-7-12(8-10(13)14)9-4-3-5-9/h9H,3-8H2,1-2H3,(H,13,14). The van der Waals surface area contributed by atoms with Gasteiger partial charge in [-0.1, -0.05) is 6.42 Å². The van der Waals surface area contributed by atoms with Crippen molar-refractivity contribution >= 4 is 5.97 Å². The number of aliphatic carboxylic acids is 1. The van der Waals surface area contributed by atoms with Crippen molar-refractivity contribution in [1.29, 1.82) is 0 Å². The molecule has 4 nitrogen and oxygen atoms in total. The lowest BCUT2D eigenvalue weighted by Gasteiger charge is -2.37. The molecule has 0 spiro atoms. The minimum atomic E-state index is -0.712. The van der Waals surface area contributed by atoms with Gasteiger partial charge in [0.05, 0.1) is 6.54 Å². The number of rotatable bonds is 6. The van der Waals surface area contributed by atoms with E-state index in [1.807, 2.05) is 14.1 Å². The summed E-state index contributed by atoms with van der Waals surface area (Å²) in [6, 6.07) is 0.519. The van der Waals surface area contributed by atoms with Gasteiger partial charge in [0.25, 0.3) is 0 Å². The summed E-state index contributed by atoms with van der Waals surface area (Å²) in [5.41, 5.74) is 0. The monoisotopic (exact) mass is 200 g/mol. The second-order valence-electron chi connectivity index (χ2n) is 4.25. The molecule has 0 saturated heterocycles. The van der Waals surface area contributed by atoms with Crippen molar-refractivity contribution in [2.45, 2.75) is 25.3 Å². The highest BCUT2D eigenvalue weighted by Gasteiger charge is 2.25. The van der Waals surface area contributed by atoms with Crippen molar-refractivity contribution in [2.75, 3.05) is 33.7 Å². The summed E-state index contributed by atoms with van der Waals surface area (Å²) in [4.78, 5) is 14.8. The number of carboxylic acid groups (broad SMARTS) is 1. The van der Waals surface area contributed by atoms with Gasteiger partial charge < -0.3 is 10.0 Å². The van der Waals surface area contributed by atoms with Crippen LogP contribution in [0.25, 0.3) is 0 Å². The highest BCUT2D eigenvalue weighted by molar-refractivity contribution is 5.69. The van der Waals surface area contributed by atoms with Crippen molar-refractivity contribution in [2.24, 2.45) is 0 Å². The molecular formula is C10H20N2O2. The third-order valence-electron chi connectivity index (χ3n) is 2.76. The maximum atomic E-state index is 10.6. The van der Waals surface area contributed by atoms with Gasteiger partial charge in [0.2, 0.25) is 0 Å². The molecule has 4 heteroatoms. The molecule has 14 heavy (non-hydrogen) atoms. The van der Waals surface area contributed by atoms with Crippen LogP contribution < -0.4 is 0 Å². The van der Waals surface area contributed by atoms with Gasteiger partial charge in [0.15, 0.2) is 0 Å². The molecule has 0 amide bonds. The molecule has 0 heterocycles. The fourth-order valence-corrected chi connectivity index (χ4v) is 1.64. The number of hydrogen-bond acceptors (Lipinski definition) is 3.